The second-order valence-corrected chi connectivity index (χ2v) is 2.87. The SMILES string of the molecule is O=COCCC1CNCCC1=O. The van der Waals surface area contributed by atoms with Crippen LogP contribution in [0.1, 0.15) is 12.8 Å². The lowest BCUT2D eigenvalue weighted by Crippen LogP contribution is -2.37. The van der Waals surface area contributed by atoms with Gasteiger partial charge in [-0.25, -0.2) is 0 Å². The van der Waals surface area contributed by atoms with Crippen LogP contribution in [0.3, 0.4) is 0 Å². The molecule has 4 heteroatoms. The highest BCUT2D eigenvalue weighted by molar-refractivity contribution is 5.82. The summed E-state index contributed by atoms with van der Waals surface area (Å²) in [6, 6.07) is 0. The molecule has 0 bridgehead atoms. The molecule has 1 aliphatic rings. The van der Waals surface area contributed by atoms with Gasteiger partial charge < -0.3 is 10.1 Å². The van der Waals surface area contributed by atoms with Crippen molar-refractivity contribution < 1.29 is 14.3 Å². The largest absolute Gasteiger partial charge is 0.468 e. The maximum atomic E-state index is 11.2. The summed E-state index contributed by atoms with van der Waals surface area (Å²) in [7, 11) is 0. The molecule has 0 aromatic heterocycles. The minimum atomic E-state index is 0.0405. The van der Waals surface area contributed by atoms with Gasteiger partial charge in [0.25, 0.3) is 6.47 Å². The number of piperidine rings is 1. The molecule has 1 unspecified atom stereocenters. The summed E-state index contributed by atoms with van der Waals surface area (Å²) in [5, 5.41) is 3.13. The second kappa shape index (κ2) is 4.87. The van der Waals surface area contributed by atoms with Crippen molar-refractivity contribution in [3.05, 3.63) is 0 Å². The Morgan fingerprint density at radius 2 is 2.50 bits per heavy atom. The zero-order valence-corrected chi connectivity index (χ0v) is 6.91. The average molecular weight is 171 g/mol. The first kappa shape index (κ1) is 9.19. The highest BCUT2D eigenvalue weighted by atomic mass is 16.5. The van der Waals surface area contributed by atoms with Gasteiger partial charge in [-0.05, 0) is 6.42 Å². The van der Waals surface area contributed by atoms with Crippen molar-refractivity contribution in [2.45, 2.75) is 12.8 Å². The number of ether oxygens (including phenoxy) is 1. The third kappa shape index (κ3) is 2.62. The maximum absolute atomic E-state index is 11.2. The van der Waals surface area contributed by atoms with E-state index in [0.717, 1.165) is 13.1 Å². The predicted molar refractivity (Wildman–Crippen MR) is 42.6 cm³/mol. The molecule has 1 atom stereocenters. The molecule has 1 rings (SSSR count). The number of nitrogens with one attached hydrogen (secondary N) is 1. The molecule has 0 aromatic carbocycles. The van der Waals surface area contributed by atoms with Gasteiger partial charge in [0.1, 0.15) is 5.78 Å². The first-order valence-electron chi connectivity index (χ1n) is 4.13. The second-order valence-electron chi connectivity index (χ2n) is 2.87. The first-order valence-corrected chi connectivity index (χ1v) is 4.13. The monoisotopic (exact) mass is 171 g/mol. The Balaban J connectivity index is 2.20. The molecular formula is C8H13NO3. The average Bonchev–Trinajstić information content (AvgIpc) is 2.09. The van der Waals surface area contributed by atoms with Crippen LogP contribution in [0.4, 0.5) is 0 Å². The Morgan fingerprint density at radius 1 is 1.67 bits per heavy atom. The molecule has 0 aromatic rings. The molecule has 68 valence electrons. The van der Waals surface area contributed by atoms with Gasteiger partial charge in [-0.1, -0.05) is 0 Å². The molecule has 1 heterocycles. The van der Waals surface area contributed by atoms with Gasteiger partial charge in [-0.3, -0.25) is 9.59 Å². The minimum absolute atomic E-state index is 0.0405. The Kier molecular flexibility index (Phi) is 3.73. The number of carbonyl (C=O) groups excluding carboxylic acids is 2. The number of rotatable bonds is 4. The lowest BCUT2D eigenvalue weighted by atomic mass is 9.95. The van der Waals surface area contributed by atoms with Crippen molar-refractivity contribution in [1.82, 2.24) is 5.32 Å². The smallest absolute Gasteiger partial charge is 0.293 e. The van der Waals surface area contributed by atoms with Crippen LogP contribution in [0.5, 0.6) is 0 Å². The normalized spacial score (nSPS) is 23.7. The van der Waals surface area contributed by atoms with Crippen molar-refractivity contribution in [3.63, 3.8) is 0 Å². The number of ketones is 1. The van der Waals surface area contributed by atoms with Gasteiger partial charge in [0.15, 0.2) is 0 Å². The highest BCUT2D eigenvalue weighted by Crippen LogP contribution is 2.09. The third-order valence-electron chi connectivity index (χ3n) is 2.05. The summed E-state index contributed by atoms with van der Waals surface area (Å²) >= 11 is 0. The molecule has 1 N–H and O–H groups in total. The van der Waals surface area contributed by atoms with E-state index in [4.69, 9.17) is 0 Å². The van der Waals surface area contributed by atoms with Crippen LogP contribution in [-0.2, 0) is 14.3 Å². The predicted octanol–water partition coefficient (Wildman–Crippen LogP) is -0.272. The van der Waals surface area contributed by atoms with E-state index in [-0.39, 0.29) is 11.7 Å². The molecule has 1 saturated heterocycles. The topological polar surface area (TPSA) is 55.4 Å². The van der Waals surface area contributed by atoms with E-state index >= 15 is 0 Å². The van der Waals surface area contributed by atoms with E-state index < -0.39 is 0 Å². The van der Waals surface area contributed by atoms with Crippen molar-refractivity contribution in [1.29, 1.82) is 0 Å². The fraction of sp³-hybridized carbons (Fsp3) is 0.750. The van der Waals surface area contributed by atoms with Crippen LogP contribution < -0.4 is 5.32 Å². The zero-order chi connectivity index (χ0) is 8.81. The molecule has 1 aliphatic heterocycles. The van der Waals surface area contributed by atoms with Crippen LogP contribution in [0, 0.1) is 5.92 Å². The standard InChI is InChI=1S/C8H13NO3/c10-6-12-4-2-7-5-9-3-1-8(7)11/h6-7,9H,1-5H2. The highest BCUT2D eigenvalue weighted by Gasteiger charge is 2.21. The summed E-state index contributed by atoms with van der Waals surface area (Å²) in [4.78, 5) is 21.0. The van der Waals surface area contributed by atoms with Gasteiger partial charge in [-0.15, -0.1) is 0 Å². The van der Waals surface area contributed by atoms with Gasteiger partial charge in [0.05, 0.1) is 6.61 Å². The Bertz CT molecular complexity index is 170. The van der Waals surface area contributed by atoms with Crippen molar-refractivity contribution in [3.8, 4) is 0 Å². The van der Waals surface area contributed by atoms with E-state index in [2.05, 4.69) is 10.1 Å². The summed E-state index contributed by atoms with van der Waals surface area (Å²) in [5.74, 6) is 0.321. The first-order chi connectivity index (χ1) is 5.84. The minimum Gasteiger partial charge on any atom is -0.468 e. The van der Waals surface area contributed by atoms with Gasteiger partial charge in [-0.2, -0.15) is 0 Å². The number of carbonyl (C=O) groups is 2. The van der Waals surface area contributed by atoms with Crippen molar-refractivity contribution in [2.24, 2.45) is 5.92 Å². The molecule has 0 saturated carbocycles. The molecule has 12 heavy (non-hydrogen) atoms. The van der Waals surface area contributed by atoms with E-state index in [9.17, 15) is 9.59 Å². The van der Waals surface area contributed by atoms with Crippen molar-refractivity contribution >= 4 is 12.3 Å². The lowest BCUT2D eigenvalue weighted by molar-refractivity contribution is -0.131. The number of hydrogen-bond donors (Lipinski definition) is 1. The third-order valence-corrected chi connectivity index (χ3v) is 2.05. The maximum Gasteiger partial charge on any atom is 0.293 e. The number of hydrogen-bond acceptors (Lipinski definition) is 4. The van der Waals surface area contributed by atoms with Crippen LogP contribution >= 0.6 is 0 Å². The molecule has 0 radical (unpaired) electrons. The molecule has 4 nitrogen and oxygen atoms in total. The fourth-order valence-corrected chi connectivity index (χ4v) is 1.33. The lowest BCUT2D eigenvalue weighted by Gasteiger charge is -2.20. The van der Waals surface area contributed by atoms with Crippen LogP contribution in [0.15, 0.2) is 0 Å². The summed E-state index contributed by atoms with van der Waals surface area (Å²) in [6.07, 6.45) is 1.25. The zero-order valence-electron chi connectivity index (χ0n) is 6.91. The Labute approximate surface area is 71.3 Å². The van der Waals surface area contributed by atoms with Crippen LogP contribution in [0.2, 0.25) is 0 Å². The summed E-state index contributed by atoms with van der Waals surface area (Å²) < 4.78 is 4.52. The van der Waals surface area contributed by atoms with Crippen LogP contribution in [0.25, 0.3) is 0 Å². The Hall–Kier alpha value is -0.900. The van der Waals surface area contributed by atoms with Gasteiger partial charge in [0, 0.05) is 25.4 Å². The Morgan fingerprint density at radius 3 is 3.17 bits per heavy atom. The number of Topliss-reactive ketones (excluding diaryl/α,β-unsaturated/α-hetero) is 1. The summed E-state index contributed by atoms with van der Waals surface area (Å²) in [6.45, 7) is 2.27. The molecule has 0 amide bonds. The van der Waals surface area contributed by atoms with E-state index in [1.165, 1.54) is 0 Å². The van der Waals surface area contributed by atoms with Gasteiger partial charge >= 0.3 is 0 Å². The molecule has 0 spiro atoms. The summed E-state index contributed by atoms with van der Waals surface area (Å²) in [5.41, 5.74) is 0. The van der Waals surface area contributed by atoms with E-state index in [1.807, 2.05) is 0 Å². The molecular weight excluding hydrogens is 158 g/mol. The van der Waals surface area contributed by atoms with Crippen LogP contribution in [-0.4, -0.2) is 32.0 Å². The van der Waals surface area contributed by atoms with Gasteiger partial charge in [0.2, 0.25) is 0 Å². The van der Waals surface area contributed by atoms with E-state index in [1.54, 1.807) is 0 Å². The fourth-order valence-electron chi connectivity index (χ4n) is 1.33. The molecule has 0 aliphatic carbocycles. The quantitative estimate of drug-likeness (QED) is 0.467. The molecule has 1 fully saturated rings. The van der Waals surface area contributed by atoms with E-state index in [0.29, 0.717) is 25.9 Å². The van der Waals surface area contributed by atoms with Crippen molar-refractivity contribution in [2.75, 3.05) is 19.7 Å².